The number of hydrogen-bond donors (Lipinski definition) is 2. The van der Waals surface area contributed by atoms with E-state index in [0.29, 0.717) is 21.6 Å². The predicted molar refractivity (Wildman–Crippen MR) is 81.1 cm³/mol. The van der Waals surface area contributed by atoms with E-state index in [0.717, 1.165) is 0 Å². The van der Waals surface area contributed by atoms with E-state index in [1.165, 1.54) is 0 Å². The number of aromatic amines is 1. The van der Waals surface area contributed by atoms with E-state index in [4.69, 9.17) is 34.3 Å². The third-order valence-corrected chi connectivity index (χ3v) is 3.04. The summed E-state index contributed by atoms with van der Waals surface area (Å²) >= 11 is 10.9. The molecule has 0 aliphatic rings. The molecule has 2 aromatic heterocycles. The van der Waals surface area contributed by atoms with Crippen LogP contribution in [0.4, 0.5) is 0 Å². The van der Waals surface area contributed by atoms with E-state index in [-0.39, 0.29) is 17.4 Å². The van der Waals surface area contributed by atoms with Gasteiger partial charge in [-0.3, -0.25) is 0 Å². The molecule has 0 aliphatic carbocycles. The highest BCUT2D eigenvalue weighted by molar-refractivity contribution is 7.82. The highest BCUT2D eigenvalue weighted by Gasteiger charge is 2.14. The van der Waals surface area contributed by atoms with Gasteiger partial charge in [-0.25, -0.2) is 14.8 Å². The van der Waals surface area contributed by atoms with Crippen molar-refractivity contribution in [1.82, 2.24) is 9.97 Å². The molecule has 0 atom stereocenters. The summed E-state index contributed by atoms with van der Waals surface area (Å²) < 4.78 is 4.74. The standard InChI is InChI=1S/C12H11ClN4O2S/c1-2-19-12(18)11(20)17-9(14)6-5-16-10-8(6)7(13)3-4-15-10/h3-5H,2H2,1H3,(H,15,16)(H2,14,17,20). The van der Waals surface area contributed by atoms with Gasteiger partial charge in [0.05, 0.1) is 11.6 Å². The number of carbonyl (C=O) groups excluding carboxylic acids is 1. The number of carbonyl (C=O) groups is 1. The average Bonchev–Trinajstić information content (AvgIpc) is 2.84. The molecule has 0 radical (unpaired) electrons. The van der Waals surface area contributed by atoms with Crippen LogP contribution in [0, 0.1) is 0 Å². The lowest BCUT2D eigenvalue weighted by atomic mass is 10.2. The van der Waals surface area contributed by atoms with Crippen molar-refractivity contribution in [2.75, 3.05) is 6.61 Å². The van der Waals surface area contributed by atoms with E-state index in [1.807, 2.05) is 0 Å². The van der Waals surface area contributed by atoms with Crippen LogP contribution >= 0.6 is 23.8 Å². The molecule has 0 spiro atoms. The third-order valence-electron chi connectivity index (χ3n) is 2.47. The SMILES string of the molecule is CCOC(=O)C(=S)N=C(N)c1c[nH]c2nccc(Cl)c12. The molecular formula is C12H11ClN4O2S. The number of nitrogens with one attached hydrogen (secondary N) is 1. The maximum absolute atomic E-state index is 11.4. The fourth-order valence-electron chi connectivity index (χ4n) is 1.63. The highest BCUT2D eigenvalue weighted by Crippen LogP contribution is 2.24. The number of nitrogens with zero attached hydrogens (tertiary/aromatic N) is 2. The van der Waals surface area contributed by atoms with Crippen molar-refractivity contribution >= 4 is 51.6 Å². The predicted octanol–water partition coefficient (Wildman–Crippen LogP) is 1.81. The number of esters is 1. The zero-order chi connectivity index (χ0) is 14.7. The van der Waals surface area contributed by atoms with Crippen LogP contribution in [-0.4, -0.2) is 33.4 Å². The Morgan fingerprint density at radius 3 is 3.10 bits per heavy atom. The Morgan fingerprint density at radius 1 is 1.65 bits per heavy atom. The van der Waals surface area contributed by atoms with Gasteiger partial charge in [0, 0.05) is 23.3 Å². The minimum atomic E-state index is -0.686. The summed E-state index contributed by atoms with van der Waals surface area (Å²) in [7, 11) is 0. The Bertz CT molecular complexity index is 711. The molecule has 104 valence electrons. The number of fused-ring (bicyclic) bond motifs is 1. The molecule has 0 aliphatic heterocycles. The van der Waals surface area contributed by atoms with Gasteiger partial charge in [-0.1, -0.05) is 23.8 Å². The van der Waals surface area contributed by atoms with Gasteiger partial charge in [0.15, 0.2) is 0 Å². The molecule has 2 heterocycles. The summed E-state index contributed by atoms with van der Waals surface area (Å²) in [6.45, 7) is 1.90. The summed E-state index contributed by atoms with van der Waals surface area (Å²) in [5.41, 5.74) is 6.97. The van der Waals surface area contributed by atoms with Gasteiger partial charge in [0.25, 0.3) is 0 Å². The summed E-state index contributed by atoms with van der Waals surface area (Å²) in [6, 6.07) is 1.64. The van der Waals surface area contributed by atoms with Crippen molar-refractivity contribution in [3.05, 3.63) is 29.0 Å². The second-order valence-corrected chi connectivity index (χ2v) is 4.54. The number of aliphatic imine (C=N–C) groups is 1. The van der Waals surface area contributed by atoms with Gasteiger partial charge in [-0.2, -0.15) is 0 Å². The average molecular weight is 311 g/mol. The number of aromatic nitrogens is 2. The topological polar surface area (TPSA) is 93.4 Å². The largest absolute Gasteiger partial charge is 0.461 e. The van der Waals surface area contributed by atoms with E-state index in [2.05, 4.69) is 15.0 Å². The number of nitrogens with two attached hydrogens (primary N) is 1. The maximum atomic E-state index is 11.4. The maximum Gasteiger partial charge on any atom is 0.368 e. The van der Waals surface area contributed by atoms with Crippen LogP contribution < -0.4 is 5.73 Å². The van der Waals surface area contributed by atoms with E-state index in [1.54, 1.807) is 25.4 Å². The summed E-state index contributed by atoms with van der Waals surface area (Å²) in [5.74, 6) is -0.612. The first kappa shape index (κ1) is 14.4. The zero-order valence-corrected chi connectivity index (χ0v) is 12.1. The van der Waals surface area contributed by atoms with Gasteiger partial charge in [-0.15, -0.1) is 0 Å². The third kappa shape index (κ3) is 2.78. The Labute approximate surface area is 125 Å². The first-order valence-corrected chi connectivity index (χ1v) is 6.50. The van der Waals surface area contributed by atoms with Gasteiger partial charge >= 0.3 is 5.97 Å². The molecule has 0 amide bonds. The van der Waals surface area contributed by atoms with Crippen LogP contribution in [0.3, 0.4) is 0 Å². The van der Waals surface area contributed by atoms with Crippen molar-refractivity contribution in [2.24, 2.45) is 10.7 Å². The molecule has 0 saturated heterocycles. The van der Waals surface area contributed by atoms with Crippen LogP contribution in [0.2, 0.25) is 5.02 Å². The lowest BCUT2D eigenvalue weighted by Gasteiger charge is -2.02. The van der Waals surface area contributed by atoms with Crippen LogP contribution in [0.1, 0.15) is 12.5 Å². The number of hydrogen-bond acceptors (Lipinski definition) is 4. The Morgan fingerprint density at radius 2 is 2.40 bits per heavy atom. The number of halogens is 1. The van der Waals surface area contributed by atoms with Crippen molar-refractivity contribution in [3.8, 4) is 0 Å². The molecule has 0 bridgehead atoms. The Hall–Kier alpha value is -1.99. The molecule has 2 aromatic rings. The highest BCUT2D eigenvalue weighted by atomic mass is 35.5. The molecule has 0 fully saturated rings. The fourth-order valence-corrected chi connectivity index (χ4v) is 2.03. The lowest BCUT2D eigenvalue weighted by molar-refractivity contribution is -0.134. The van der Waals surface area contributed by atoms with Crippen molar-refractivity contribution in [1.29, 1.82) is 0 Å². The second-order valence-electron chi connectivity index (χ2n) is 3.74. The van der Waals surface area contributed by atoms with Crippen LogP contribution in [0.5, 0.6) is 0 Å². The molecule has 8 heteroatoms. The first-order chi connectivity index (χ1) is 9.54. The molecule has 0 saturated carbocycles. The molecule has 2 rings (SSSR count). The molecule has 0 aromatic carbocycles. The van der Waals surface area contributed by atoms with Crippen molar-refractivity contribution in [3.63, 3.8) is 0 Å². The van der Waals surface area contributed by atoms with E-state index in [9.17, 15) is 4.79 Å². The number of ether oxygens (including phenoxy) is 1. The summed E-state index contributed by atoms with van der Waals surface area (Å²) in [4.78, 5) is 22.1. The fraction of sp³-hybridized carbons (Fsp3) is 0.167. The minimum Gasteiger partial charge on any atom is -0.461 e. The molecule has 3 N–H and O–H groups in total. The van der Waals surface area contributed by atoms with Crippen LogP contribution in [0.15, 0.2) is 23.5 Å². The number of amidine groups is 1. The molecular weight excluding hydrogens is 300 g/mol. The molecule has 0 unspecified atom stereocenters. The number of pyridine rings is 1. The van der Waals surface area contributed by atoms with Gasteiger partial charge in [0.2, 0.25) is 4.99 Å². The lowest BCUT2D eigenvalue weighted by Crippen LogP contribution is -2.20. The van der Waals surface area contributed by atoms with Gasteiger partial charge in [-0.05, 0) is 13.0 Å². The summed E-state index contributed by atoms with van der Waals surface area (Å²) in [6.07, 6.45) is 3.18. The smallest absolute Gasteiger partial charge is 0.368 e. The number of rotatable bonds is 2. The first-order valence-electron chi connectivity index (χ1n) is 5.71. The molecule has 20 heavy (non-hydrogen) atoms. The van der Waals surface area contributed by atoms with Gasteiger partial charge < -0.3 is 15.5 Å². The number of H-pyrrole nitrogens is 1. The Kier molecular flexibility index (Phi) is 4.31. The van der Waals surface area contributed by atoms with Crippen LogP contribution in [-0.2, 0) is 9.53 Å². The zero-order valence-electron chi connectivity index (χ0n) is 10.5. The Balaban J connectivity index is 2.39. The monoisotopic (exact) mass is 310 g/mol. The van der Waals surface area contributed by atoms with E-state index < -0.39 is 5.97 Å². The normalized spacial score (nSPS) is 11.6. The van der Waals surface area contributed by atoms with Gasteiger partial charge in [0.1, 0.15) is 11.5 Å². The summed E-state index contributed by atoms with van der Waals surface area (Å²) in [5, 5.41) is 1.11. The quantitative estimate of drug-likeness (QED) is 0.382. The number of thiocarbonyl (C=S) groups is 1. The van der Waals surface area contributed by atoms with E-state index >= 15 is 0 Å². The molecule has 6 nitrogen and oxygen atoms in total. The minimum absolute atomic E-state index is 0.0733. The second kappa shape index (κ2) is 5.98. The van der Waals surface area contributed by atoms with Crippen molar-refractivity contribution < 1.29 is 9.53 Å². The van der Waals surface area contributed by atoms with Crippen molar-refractivity contribution in [2.45, 2.75) is 6.92 Å². The van der Waals surface area contributed by atoms with Crippen LogP contribution in [0.25, 0.3) is 11.0 Å².